The largest absolute Gasteiger partial charge is 0.756 e. The van der Waals surface area contributed by atoms with Gasteiger partial charge in [-0.25, -0.2) is 0 Å². The van der Waals surface area contributed by atoms with E-state index in [0.717, 1.165) is 44.9 Å². The molecule has 0 aliphatic heterocycles. The zero-order valence-corrected chi connectivity index (χ0v) is 36.5. The molecule has 10 heteroatoms. The normalized spacial score (nSPS) is 14.2. The molecule has 0 bridgehead atoms. The van der Waals surface area contributed by atoms with Gasteiger partial charge in [-0.15, -0.1) is 0 Å². The lowest BCUT2D eigenvalue weighted by atomic mass is 10.0. The van der Waals surface area contributed by atoms with Crippen LogP contribution in [0.4, 0.5) is 0 Å². The summed E-state index contributed by atoms with van der Waals surface area (Å²) in [6.45, 7) is 3.99. The Kier molecular flexibility index (Phi) is 35.7. The maximum atomic E-state index is 12.6. The summed E-state index contributed by atoms with van der Waals surface area (Å²) >= 11 is 0. The summed E-state index contributed by atoms with van der Waals surface area (Å²) in [5.74, 6) is -0.982. The minimum atomic E-state index is -4.65. The number of esters is 2. The number of hydrogen-bond donors (Lipinski definition) is 0. The molecule has 0 heterocycles. The first-order valence-electron chi connectivity index (χ1n) is 21.5. The molecular weight excluding hydrogens is 713 g/mol. The van der Waals surface area contributed by atoms with Crippen LogP contribution in [-0.4, -0.2) is 70.0 Å². The monoisotopic (exact) mass is 794 g/mol. The number of carbonyl (C=O) groups excluding carboxylic acids is 2. The van der Waals surface area contributed by atoms with E-state index in [-0.39, 0.29) is 26.1 Å². The van der Waals surface area contributed by atoms with E-state index in [1.54, 1.807) is 6.08 Å². The fourth-order valence-electron chi connectivity index (χ4n) is 5.49. The Bertz CT molecular complexity index is 1120. The number of unbranched alkanes of at least 4 members (excludes halogenated alkanes) is 15. The van der Waals surface area contributed by atoms with E-state index in [9.17, 15) is 19.0 Å². The summed E-state index contributed by atoms with van der Waals surface area (Å²) in [5.41, 5.74) is 0. The molecule has 0 saturated heterocycles. The Hall–Kier alpha value is -2.29. The minimum Gasteiger partial charge on any atom is -0.756 e. The Morgan fingerprint density at radius 3 is 1.47 bits per heavy atom. The van der Waals surface area contributed by atoms with Crippen LogP contribution in [0.25, 0.3) is 0 Å². The topological polar surface area (TPSA) is 111 Å². The SMILES string of the molecule is CC/C=C\C/C=C\C/C=C\C/C=C\C/C=C\CC(=O)OC(COC(=O)CCCCCCCCCCCCCCCCCC)COP(=O)([O-])OCC[N+](C)(C)C. The van der Waals surface area contributed by atoms with Crippen molar-refractivity contribution >= 4 is 19.8 Å². The van der Waals surface area contributed by atoms with Crippen LogP contribution in [0.2, 0.25) is 0 Å². The van der Waals surface area contributed by atoms with Crippen LogP contribution >= 0.6 is 7.82 Å². The minimum absolute atomic E-state index is 0.00774. The lowest BCUT2D eigenvalue weighted by molar-refractivity contribution is -0.870. The van der Waals surface area contributed by atoms with Gasteiger partial charge in [0.25, 0.3) is 7.82 Å². The van der Waals surface area contributed by atoms with Crippen molar-refractivity contribution in [1.29, 1.82) is 0 Å². The van der Waals surface area contributed by atoms with Gasteiger partial charge in [0.1, 0.15) is 19.8 Å². The van der Waals surface area contributed by atoms with Crippen molar-refractivity contribution in [2.75, 3.05) is 47.5 Å². The second kappa shape index (κ2) is 37.3. The second-order valence-electron chi connectivity index (χ2n) is 15.4. The number of phosphoric acid groups is 1. The highest BCUT2D eigenvalue weighted by Crippen LogP contribution is 2.38. The summed E-state index contributed by atoms with van der Waals surface area (Å²) in [4.78, 5) is 37.4. The molecule has 0 aromatic heterocycles. The summed E-state index contributed by atoms with van der Waals surface area (Å²) in [6.07, 6.45) is 44.2. The van der Waals surface area contributed by atoms with E-state index in [0.29, 0.717) is 17.4 Å². The molecule has 0 aliphatic rings. The van der Waals surface area contributed by atoms with E-state index < -0.39 is 32.5 Å². The summed E-state index contributed by atoms with van der Waals surface area (Å²) in [6, 6.07) is 0. The third kappa shape index (κ3) is 41.2. The molecule has 0 radical (unpaired) electrons. The molecule has 2 unspecified atom stereocenters. The van der Waals surface area contributed by atoms with Crippen LogP contribution in [0.15, 0.2) is 60.8 Å². The average Bonchev–Trinajstić information content (AvgIpc) is 3.13. The van der Waals surface area contributed by atoms with E-state index in [4.69, 9.17) is 18.5 Å². The molecule has 0 amide bonds. The van der Waals surface area contributed by atoms with Crippen LogP contribution in [0, 0.1) is 0 Å². The number of likely N-dealkylation sites (N-methyl/N-ethyl adjacent to an activating group) is 1. The van der Waals surface area contributed by atoms with E-state index in [1.165, 1.54) is 83.5 Å². The molecule has 0 spiro atoms. The Balaban J connectivity index is 4.49. The highest BCUT2D eigenvalue weighted by Gasteiger charge is 2.21. The number of allylic oxidation sites excluding steroid dienone is 9. The van der Waals surface area contributed by atoms with Crippen molar-refractivity contribution in [3.63, 3.8) is 0 Å². The van der Waals surface area contributed by atoms with Crippen LogP contribution < -0.4 is 4.89 Å². The van der Waals surface area contributed by atoms with Crippen molar-refractivity contribution < 1.29 is 42.1 Å². The maximum absolute atomic E-state index is 12.6. The molecule has 0 rings (SSSR count). The van der Waals surface area contributed by atoms with Crippen molar-refractivity contribution in [2.45, 2.75) is 168 Å². The number of ether oxygens (including phenoxy) is 2. The fraction of sp³-hybridized carbons (Fsp3) is 0.733. The smallest absolute Gasteiger partial charge is 0.310 e. The first kappa shape index (κ1) is 52.7. The molecule has 0 saturated carbocycles. The van der Waals surface area contributed by atoms with Crippen LogP contribution in [0.5, 0.6) is 0 Å². The highest BCUT2D eigenvalue weighted by molar-refractivity contribution is 7.45. The van der Waals surface area contributed by atoms with Crippen LogP contribution in [0.3, 0.4) is 0 Å². The summed E-state index contributed by atoms with van der Waals surface area (Å²) in [5, 5.41) is 0. The lowest BCUT2D eigenvalue weighted by Gasteiger charge is -2.28. The van der Waals surface area contributed by atoms with Gasteiger partial charge in [0.15, 0.2) is 6.10 Å². The van der Waals surface area contributed by atoms with E-state index in [1.807, 2.05) is 33.3 Å². The average molecular weight is 794 g/mol. The van der Waals surface area contributed by atoms with Crippen molar-refractivity contribution in [3.05, 3.63) is 60.8 Å². The van der Waals surface area contributed by atoms with Crippen LogP contribution in [0.1, 0.15) is 162 Å². The predicted molar refractivity (Wildman–Crippen MR) is 226 cm³/mol. The number of nitrogens with zero attached hydrogens (tertiary/aromatic N) is 1. The number of carbonyl (C=O) groups is 2. The number of rotatable bonds is 38. The van der Waals surface area contributed by atoms with Gasteiger partial charge in [-0.05, 0) is 38.5 Å². The number of phosphoric ester groups is 1. The molecule has 0 N–H and O–H groups in total. The first-order chi connectivity index (χ1) is 26.5. The molecule has 318 valence electrons. The molecule has 0 fully saturated rings. The van der Waals surface area contributed by atoms with Gasteiger partial charge >= 0.3 is 11.9 Å². The van der Waals surface area contributed by atoms with E-state index >= 15 is 0 Å². The van der Waals surface area contributed by atoms with Gasteiger partial charge in [0.2, 0.25) is 0 Å². The highest BCUT2D eigenvalue weighted by atomic mass is 31.2. The Labute approximate surface area is 336 Å². The third-order valence-electron chi connectivity index (χ3n) is 8.84. The van der Waals surface area contributed by atoms with Gasteiger partial charge in [-0.1, -0.05) is 171 Å². The quantitative estimate of drug-likeness (QED) is 0.0200. The molecule has 9 nitrogen and oxygen atoms in total. The lowest BCUT2D eigenvalue weighted by Crippen LogP contribution is -2.37. The zero-order valence-electron chi connectivity index (χ0n) is 35.6. The van der Waals surface area contributed by atoms with Crippen LogP contribution in [-0.2, 0) is 32.7 Å². The van der Waals surface area contributed by atoms with Crippen molar-refractivity contribution in [3.8, 4) is 0 Å². The summed E-state index contributed by atoms with van der Waals surface area (Å²) < 4.78 is 33.7. The zero-order chi connectivity index (χ0) is 40.7. The molecule has 0 aromatic carbocycles. The maximum Gasteiger partial charge on any atom is 0.310 e. The number of hydrogen-bond acceptors (Lipinski definition) is 8. The van der Waals surface area contributed by atoms with Gasteiger partial charge in [0.05, 0.1) is 34.2 Å². The molecule has 2 atom stereocenters. The number of quaternary nitrogens is 1. The van der Waals surface area contributed by atoms with Gasteiger partial charge in [-0.3, -0.25) is 14.2 Å². The van der Waals surface area contributed by atoms with Gasteiger partial charge < -0.3 is 27.9 Å². The standard InChI is InChI=1S/C45H80NO8P/c1-6-8-10-12-14-16-18-20-22-24-25-27-29-31-33-35-37-44(47)51-41-43(42-53-55(49,50)52-40-39-46(3,4)5)54-45(48)38-36-34-32-30-28-26-23-21-19-17-15-13-11-9-7-2/h9,11,15,17,21,23,28,30,34,36,43H,6-8,10,12-14,16,18-20,22,24-27,29,31-33,35,37-42H2,1-5H3/b11-9-,17-15-,23-21-,30-28-,36-34-. The first-order valence-corrected chi connectivity index (χ1v) is 23.0. The van der Waals surface area contributed by atoms with Gasteiger partial charge in [-0.2, -0.15) is 0 Å². The molecule has 0 aliphatic carbocycles. The molecular formula is C45H80NO8P. The Morgan fingerprint density at radius 1 is 0.582 bits per heavy atom. The van der Waals surface area contributed by atoms with Gasteiger partial charge in [0, 0.05) is 6.42 Å². The second-order valence-corrected chi connectivity index (χ2v) is 16.8. The fourth-order valence-corrected chi connectivity index (χ4v) is 6.22. The molecule has 55 heavy (non-hydrogen) atoms. The Morgan fingerprint density at radius 2 is 1.02 bits per heavy atom. The van der Waals surface area contributed by atoms with Crippen molar-refractivity contribution in [1.82, 2.24) is 0 Å². The van der Waals surface area contributed by atoms with Crippen molar-refractivity contribution in [2.24, 2.45) is 0 Å². The summed E-state index contributed by atoms with van der Waals surface area (Å²) in [7, 11) is 1.10. The third-order valence-corrected chi connectivity index (χ3v) is 9.80. The predicted octanol–water partition coefficient (Wildman–Crippen LogP) is 11.4. The molecule has 0 aromatic rings. The van der Waals surface area contributed by atoms with E-state index in [2.05, 4.69) is 56.4 Å².